The van der Waals surface area contributed by atoms with Gasteiger partial charge in [-0.3, -0.25) is 9.59 Å². The lowest BCUT2D eigenvalue weighted by Crippen LogP contribution is -2.42. The third-order valence-electron chi connectivity index (χ3n) is 2.57. The fourth-order valence-electron chi connectivity index (χ4n) is 1.59. The van der Waals surface area contributed by atoms with Crippen LogP contribution in [0, 0.1) is 0 Å². The molecule has 0 spiro atoms. The van der Waals surface area contributed by atoms with Gasteiger partial charge < -0.3 is 20.9 Å². The summed E-state index contributed by atoms with van der Waals surface area (Å²) in [5.74, 6) is -2.20. The van der Waals surface area contributed by atoms with Crippen LogP contribution in [0.5, 0.6) is 5.75 Å². The Labute approximate surface area is 121 Å². The van der Waals surface area contributed by atoms with Crippen molar-refractivity contribution in [2.75, 3.05) is 7.11 Å². The molecule has 0 heterocycles. The van der Waals surface area contributed by atoms with Gasteiger partial charge in [0.05, 0.1) is 13.5 Å². The second-order valence-electron chi connectivity index (χ2n) is 4.15. The number of amides is 2. The molecule has 7 nitrogen and oxygen atoms in total. The van der Waals surface area contributed by atoms with E-state index in [4.69, 9.17) is 15.6 Å². The van der Waals surface area contributed by atoms with Crippen LogP contribution in [0.3, 0.4) is 0 Å². The van der Waals surface area contributed by atoms with Crippen molar-refractivity contribution in [3.63, 3.8) is 0 Å². The molecular formula is C14H16N2O5. The number of nitrogens with one attached hydrogen (secondary N) is 1. The number of benzene rings is 1. The molecule has 4 N–H and O–H groups in total. The van der Waals surface area contributed by atoms with Crippen molar-refractivity contribution in [1.29, 1.82) is 0 Å². The van der Waals surface area contributed by atoms with E-state index < -0.39 is 30.2 Å². The maximum atomic E-state index is 11.7. The van der Waals surface area contributed by atoms with Crippen LogP contribution in [-0.4, -0.2) is 36.0 Å². The second-order valence-corrected chi connectivity index (χ2v) is 4.15. The predicted molar refractivity (Wildman–Crippen MR) is 75.4 cm³/mol. The molecule has 1 aromatic rings. The monoisotopic (exact) mass is 292 g/mol. The topological polar surface area (TPSA) is 119 Å². The molecule has 1 rings (SSSR count). The number of carbonyl (C=O) groups excluding carboxylic acids is 2. The van der Waals surface area contributed by atoms with Gasteiger partial charge in [0, 0.05) is 11.6 Å². The molecule has 7 heteroatoms. The maximum Gasteiger partial charge on any atom is 0.326 e. The van der Waals surface area contributed by atoms with E-state index in [-0.39, 0.29) is 0 Å². The van der Waals surface area contributed by atoms with Crippen LogP contribution < -0.4 is 15.8 Å². The zero-order valence-electron chi connectivity index (χ0n) is 11.4. The zero-order valence-corrected chi connectivity index (χ0v) is 11.4. The molecule has 0 radical (unpaired) electrons. The first kappa shape index (κ1) is 16.2. The summed E-state index contributed by atoms with van der Waals surface area (Å²) in [5, 5.41) is 11.1. The lowest BCUT2D eigenvalue weighted by atomic mass is 10.1. The lowest BCUT2D eigenvalue weighted by molar-refractivity contribution is -0.142. The molecule has 21 heavy (non-hydrogen) atoms. The number of methoxy groups -OCH3 is 1. The van der Waals surface area contributed by atoms with Gasteiger partial charge in [0.1, 0.15) is 11.8 Å². The molecule has 0 bridgehead atoms. The van der Waals surface area contributed by atoms with Gasteiger partial charge in [-0.05, 0) is 12.1 Å². The highest BCUT2D eigenvalue weighted by molar-refractivity contribution is 5.95. The Bertz CT molecular complexity index is 568. The van der Waals surface area contributed by atoms with E-state index in [1.165, 1.54) is 13.2 Å². The summed E-state index contributed by atoms with van der Waals surface area (Å²) in [6, 6.07) is 5.67. The molecule has 1 atom stereocenters. The molecule has 1 aromatic carbocycles. The van der Waals surface area contributed by atoms with Crippen molar-refractivity contribution in [3.05, 3.63) is 35.9 Å². The number of hydrogen-bond donors (Lipinski definition) is 3. The number of hydrogen-bond acceptors (Lipinski definition) is 4. The minimum absolute atomic E-state index is 0.469. The van der Waals surface area contributed by atoms with Crippen molar-refractivity contribution >= 4 is 23.9 Å². The minimum Gasteiger partial charge on any atom is -0.496 e. The number of ether oxygens (including phenoxy) is 1. The smallest absolute Gasteiger partial charge is 0.326 e. The van der Waals surface area contributed by atoms with Crippen LogP contribution in [0.1, 0.15) is 12.0 Å². The summed E-state index contributed by atoms with van der Waals surface area (Å²) < 4.78 is 5.11. The Balaban J connectivity index is 2.73. The summed E-state index contributed by atoms with van der Waals surface area (Å²) in [7, 11) is 1.50. The third kappa shape index (κ3) is 5.35. The number of para-hydroxylation sites is 1. The number of nitrogens with two attached hydrogens (primary N) is 1. The van der Waals surface area contributed by atoms with Crippen LogP contribution >= 0.6 is 0 Å². The summed E-state index contributed by atoms with van der Waals surface area (Å²) in [6.07, 6.45) is 2.18. The van der Waals surface area contributed by atoms with Gasteiger partial charge in [-0.15, -0.1) is 0 Å². The van der Waals surface area contributed by atoms with Crippen LogP contribution in [0.4, 0.5) is 0 Å². The van der Waals surface area contributed by atoms with Gasteiger partial charge >= 0.3 is 5.97 Å². The summed E-state index contributed by atoms with van der Waals surface area (Å²) in [4.78, 5) is 33.3. The van der Waals surface area contributed by atoms with Gasteiger partial charge in [-0.2, -0.15) is 0 Å². The van der Waals surface area contributed by atoms with Crippen molar-refractivity contribution < 1.29 is 24.2 Å². The molecule has 0 aliphatic carbocycles. The van der Waals surface area contributed by atoms with E-state index in [0.29, 0.717) is 11.3 Å². The largest absolute Gasteiger partial charge is 0.496 e. The lowest BCUT2D eigenvalue weighted by Gasteiger charge is -2.10. The van der Waals surface area contributed by atoms with Crippen molar-refractivity contribution in [2.24, 2.45) is 5.73 Å². The summed E-state index contributed by atoms with van der Waals surface area (Å²) in [5.41, 5.74) is 5.59. The molecule has 0 fully saturated rings. The Hall–Kier alpha value is -2.83. The second kappa shape index (κ2) is 7.68. The number of primary amides is 1. The van der Waals surface area contributed by atoms with Gasteiger partial charge in [-0.25, -0.2) is 4.79 Å². The Morgan fingerprint density at radius 2 is 2.05 bits per heavy atom. The average Bonchev–Trinajstić information content (AvgIpc) is 2.44. The quantitative estimate of drug-likeness (QED) is 0.618. The molecule has 0 aromatic heterocycles. The molecule has 0 saturated heterocycles. The van der Waals surface area contributed by atoms with Crippen LogP contribution in [0.15, 0.2) is 30.3 Å². The number of rotatable bonds is 7. The van der Waals surface area contributed by atoms with E-state index in [1.807, 2.05) is 0 Å². The normalized spacial score (nSPS) is 11.9. The van der Waals surface area contributed by atoms with Crippen LogP contribution in [0.2, 0.25) is 0 Å². The van der Waals surface area contributed by atoms with E-state index in [9.17, 15) is 14.4 Å². The fraction of sp³-hybridized carbons (Fsp3) is 0.214. The molecule has 2 amide bonds. The number of aliphatic carboxylic acids is 1. The first-order chi connectivity index (χ1) is 9.93. The average molecular weight is 292 g/mol. The van der Waals surface area contributed by atoms with Crippen LogP contribution in [0.25, 0.3) is 6.08 Å². The Kier molecular flexibility index (Phi) is 5.94. The molecule has 0 unspecified atom stereocenters. The van der Waals surface area contributed by atoms with Crippen LogP contribution in [-0.2, 0) is 14.4 Å². The number of carboxylic acids is 1. The number of carboxylic acid groups (broad SMARTS) is 1. The van der Waals surface area contributed by atoms with Gasteiger partial charge in [0.15, 0.2) is 0 Å². The minimum atomic E-state index is -1.35. The summed E-state index contributed by atoms with van der Waals surface area (Å²) >= 11 is 0. The highest BCUT2D eigenvalue weighted by Crippen LogP contribution is 2.18. The Morgan fingerprint density at radius 3 is 2.62 bits per heavy atom. The summed E-state index contributed by atoms with van der Waals surface area (Å²) in [6.45, 7) is 0. The first-order valence-electron chi connectivity index (χ1n) is 6.06. The SMILES string of the molecule is COc1ccccc1/C=C/C(=O)N[C@H](CC(N)=O)C(=O)O. The number of carbonyl (C=O) groups is 3. The van der Waals surface area contributed by atoms with Crippen molar-refractivity contribution in [1.82, 2.24) is 5.32 Å². The highest BCUT2D eigenvalue weighted by atomic mass is 16.5. The third-order valence-corrected chi connectivity index (χ3v) is 2.57. The standard InChI is InChI=1S/C14H16N2O5/c1-21-11-5-3-2-4-9(11)6-7-13(18)16-10(14(19)20)8-12(15)17/h2-7,10H,8H2,1H3,(H2,15,17)(H,16,18)(H,19,20)/b7-6+/t10-/m1/s1. The molecule has 0 aliphatic rings. The first-order valence-corrected chi connectivity index (χ1v) is 6.06. The maximum absolute atomic E-state index is 11.7. The van der Waals surface area contributed by atoms with E-state index in [0.717, 1.165) is 6.08 Å². The fourth-order valence-corrected chi connectivity index (χ4v) is 1.59. The highest BCUT2D eigenvalue weighted by Gasteiger charge is 2.21. The van der Waals surface area contributed by atoms with Gasteiger partial charge in [-0.1, -0.05) is 18.2 Å². The van der Waals surface area contributed by atoms with Crippen molar-refractivity contribution in [2.45, 2.75) is 12.5 Å². The van der Waals surface area contributed by atoms with Gasteiger partial charge in [0.2, 0.25) is 11.8 Å². The predicted octanol–water partition coefficient (Wildman–Crippen LogP) is 0.153. The Morgan fingerprint density at radius 1 is 1.38 bits per heavy atom. The van der Waals surface area contributed by atoms with E-state index >= 15 is 0 Å². The van der Waals surface area contributed by atoms with Crippen molar-refractivity contribution in [3.8, 4) is 5.75 Å². The molecule has 112 valence electrons. The van der Waals surface area contributed by atoms with E-state index in [2.05, 4.69) is 5.32 Å². The van der Waals surface area contributed by atoms with E-state index in [1.54, 1.807) is 24.3 Å². The zero-order chi connectivity index (χ0) is 15.8. The molecular weight excluding hydrogens is 276 g/mol. The molecule has 0 aliphatic heterocycles. The van der Waals surface area contributed by atoms with Gasteiger partial charge in [0.25, 0.3) is 0 Å². The molecule has 0 saturated carbocycles.